The summed E-state index contributed by atoms with van der Waals surface area (Å²) in [6.45, 7) is 0. The number of para-hydroxylation sites is 2. The van der Waals surface area contributed by atoms with E-state index in [4.69, 9.17) is 0 Å². The van der Waals surface area contributed by atoms with Crippen LogP contribution in [0.15, 0.2) is 54.7 Å². The fourth-order valence-corrected chi connectivity index (χ4v) is 2.10. The highest BCUT2D eigenvalue weighted by Crippen LogP contribution is 2.20. The van der Waals surface area contributed by atoms with E-state index in [1.54, 1.807) is 18.1 Å². The third-order valence-electron chi connectivity index (χ3n) is 3.16. The Morgan fingerprint density at radius 2 is 1.89 bits per heavy atom. The molecule has 0 fully saturated rings. The Morgan fingerprint density at radius 1 is 1.11 bits per heavy atom. The van der Waals surface area contributed by atoms with Crippen molar-refractivity contribution in [1.29, 1.82) is 0 Å². The van der Waals surface area contributed by atoms with Gasteiger partial charge in [-0.05, 0) is 18.2 Å². The zero-order valence-electron chi connectivity index (χ0n) is 10.5. The van der Waals surface area contributed by atoms with Gasteiger partial charge < -0.3 is 4.90 Å². The van der Waals surface area contributed by atoms with E-state index in [1.807, 2.05) is 48.5 Å². The highest BCUT2D eigenvalue weighted by atomic mass is 16.2. The Kier molecular flexibility index (Phi) is 2.76. The first kappa shape index (κ1) is 11.5. The molecule has 94 valence electrons. The molecule has 0 saturated carbocycles. The Balaban J connectivity index is 2.02. The van der Waals surface area contributed by atoms with Crippen molar-refractivity contribution in [3.63, 3.8) is 0 Å². The van der Waals surface area contributed by atoms with Gasteiger partial charge in [-0.25, -0.2) is 0 Å². The summed E-state index contributed by atoms with van der Waals surface area (Å²) < 4.78 is 0. The summed E-state index contributed by atoms with van der Waals surface area (Å²) in [4.78, 5) is 14.2. The number of rotatable bonds is 2. The summed E-state index contributed by atoms with van der Waals surface area (Å²) >= 11 is 0. The maximum absolute atomic E-state index is 12.5. The van der Waals surface area contributed by atoms with Crippen molar-refractivity contribution in [1.82, 2.24) is 10.2 Å². The first-order chi connectivity index (χ1) is 9.27. The molecule has 3 aromatic rings. The first-order valence-electron chi connectivity index (χ1n) is 6.02. The molecule has 0 saturated heterocycles. The molecule has 4 heteroatoms. The molecule has 3 rings (SSSR count). The molecule has 0 spiro atoms. The second-order valence-electron chi connectivity index (χ2n) is 4.34. The second kappa shape index (κ2) is 4.57. The number of aromatic nitrogens is 2. The molecule has 0 aliphatic rings. The lowest BCUT2D eigenvalue weighted by molar-refractivity contribution is 0.0994. The van der Waals surface area contributed by atoms with Crippen LogP contribution in [-0.2, 0) is 0 Å². The van der Waals surface area contributed by atoms with E-state index in [1.165, 1.54) is 0 Å². The molecule has 0 aliphatic heterocycles. The third-order valence-corrected chi connectivity index (χ3v) is 3.16. The van der Waals surface area contributed by atoms with Gasteiger partial charge in [0.1, 0.15) is 0 Å². The standard InChI is InChI=1S/C15H13N3O/c1-18(12-7-3-2-4-8-12)15(19)13-9-5-6-11-10-16-17-14(11)13/h2-10H,1H3,(H,16,17). The largest absolute Gasteiger partial charge is 0.311 e. The zero-order chi connectivity index (χ0) is 13.2. The van der Waals surface area contributed by atoms with E-state index in [9.17, 15) is 4.79 Å². The number of H-pyrrole nitrogens is 1. The highest BCUT2D eigenvalue weighted by molar-refractivity contribution is 6.12. The predicted molar refractivity (Wildman–Crippen MR) is 75.3 cm³/mol. The monoisotopic (exact) mass is 251 g/mol. The number of nitrogens with zero attached hydrogens (tertiary/aromatic N) is 2. The van der Waals surface area contributed by atoms with Crippen LogP contribution in [0.5, 0.6) is 0 Å². The summed E-state index contributed by atoms with van der Waals surface area (Å²) in [6.07, 6.45) is 1.72. The summed E-state index contributed by atoms with van der Waals surface area (Å²) in [6, 6.07) is 15.2. The van der Waals surface area contributed by atoms with Crippen molar-refractivity contribution < 1.29 is 4.79 Å². The fourth-order valence-electron chi connectivity index (χ4n) is 2.10. The Morgan fingerprint density at radius 3 is 2.68 bits per heavy atom. The zero-order valence-corrected chi connectivity index (χ0v) is 10.5. The molecule has 0 radical (unpaired) electrons. The van der Waals surface area contributed by atoms with Gasteiger partial charge >= 0.3 is 0 Å². The number of nitrogens with one attached hydrogen (secondary N) is 1. The van der Waals surface area contributed by atoms with Gasteiger partial charge in [0.05, 0.1) is 17.3 Å². The van der Waals surface area contributed by atoms with Gasteiger partial charge in [0, 0.05) is 18.1 Å². The average molecular weight is 251 g/mol. The van der Waals surface area contributed by atoms with Crippen molar-refractivity contribution in [2.75, 3.05) is 11.9 Å². The Labute approximate surface area is 110 Å². The summed E-state index contributed by atoms with van der Waals surface area (Å²) in [5, 5.41) is 7.80. The second-order valence-corrected chi connectivity index (χ2v) is 4.34. The molecule has 1 aromatic heterocycles. The average Bonchev–Trinajstić information content (AvgIpc) is 2.95. The van der Waals surface area contributed by atoms with Crippen LogP contribution in [0.3, 0.4) is 0 Å². The van der Waals surface area contributed by atoms with E-state index in [2.05, 4.69) is 10.2 Å². The van der Waals surface area contributed by atoms with E-state index in [0.29, 0.717) is 5.56 Å². The molecular weight excluding hydrogens is 238 g/mol. The summed E-state index contributed by atoms with van der Waals surface area (Å²) in [5.41, 5.74) is 2.26. The number of carbonyl (C=O) groups is 1. The van der Waals surface area contributed by atoms with Crippen molar-refractivity contribution in [2.24, 2.45) is 0 Å². The normalized spacial score (nSPS) is 10.6. The number of fused-ring (bicyclic) bond motifs is 1. The van der Waals surface area contributed by atoms with Gasteiger partial charge in [0.25, 0.3) is 5.91 Å². The van der Waals surface area contributed by atoms with Crippen LogP contribution < -0.4 is 4.90 Å². The first-order valence-corrected chi connectivity index (χ1v) is 6.02. The predicted octanol–water partition coefficient (Wildman–Crippen LogP) is 2.84. The van der Waals surface area contributed by atoms with Crippen LogP contribution in [0.1, 0.15) is 10.4 Å². The van der Waals surface area contributed by atoms with Gasteiger partial charge in [-0.15, -0.1) is 0 Å². The maximum Gasteiger partial charge on any atom is 0.260 e. The van der Waals surface area contributed by atoms with Crippen LogP contribution in [-0.4, -0.2) is 23.2 Å². The molecule has 1 amide bonds. The maximum atomic E-state index is 12.5. The molecule has 0 aliphatic carbocycles. The minimum atomic E-state index is -0.0546. The van der Waals surface area contributed by atoms with Gasteiger partial charge in [-0.2, -0.15) is 5.10 Å². The van der Waals surface area contributed by atoms with Gasteiger partial charge in [0.2, 0.25) is 0 Å². The van der Waals surface area contributed by atoms with Crippen LogP contribution in [0.25, 0.3) is 10.9 Å². The van der Waals surface area contributed by atoms with Gasteiger partial charge in [-0.1, -0.05) is 30.3 Å². The Bertz CT molecular complexity index is 718. The minimum absolute atomic E-state index is 0.0546. The molecular formula is C15H13N3O. The summed E-state index contributed by atoms with van der Waals surface area (Å²) in [7, 11) is 1.77. The highest BCUT2D eigenvalue weighted by Gasteiger charge is 2.16. The molecule has 1 N–H and O–H groups in total. The van der Waals surface area contributed by atoms with Crippen molar-refractivity contribution >= 4 is 22.5 Å². The summed E-state index contributed by atoms with van der Waals surface area (Å²) in [5.74, 6) is -0.0546. The molecule has 0 bridgehead atoms. The number of aromatic amines is 1. The molecule has 1 heterocycles. The molecule has 2 aromatic carbocycles. The van der Waals surface area contributed by atoms with Crippen molar-refractivity contribution in [2.45, 2.75) is 0 Å². The number of carbonyl (C=O) groups excluding carboxylic acids is 1. The lowest BCUT2D eigenvalue weighted by atomic mass is 10.1. The molecule has 0 atom stereocenters. The van der Waals surface area contributed by atoms with E-state index in [0.717, 1.165) is 16.6 Å². The van der Waals surface area contributed by atoms with E-state index < -0.39 is 0 Å². The van der Waals surface area contributed by atoms with Crippen LogP contribution in [0.2, 0.25) is 0 Å². The number of benzene rings is 2. The number of hydrogen-bond donors (Lipinski definition) is 1. The van der Waals surface area contributed by atoms with Gasteiger partial charge in [-0.3, -0.25) is 9.89 Å². The van der Waals surface area contributed by atoms with Gasteiger partial charge in [0.15, 0.2) is 0 Å². The smallest absolute Gasteiger partial charge is 0.260 e. The quantitative estimate of drug-likeness (QED) is 0.761. The van der Waals surface area contributed by atoms with Crippen LogP contribution >= 0.6 is 0 Å². The van der Waals surface area contributed by atoms with Crippen molar-refractivity contribution in [3.05, 3.63) is 60.3 Å². The number of hydrogen-bond acceptors (Lipinski definition) is 2. The molecule has 0 unspecified atom stereocenters. The van der Waals surface area contributed by atoms with Crippen molar-refractivity contribution in [3.8, 4) is 0 Å². The lowest BCUT2D eigenvalue weighted by Crippen LogP contribution is -2.26. The number of amides is 1. The topological polar surface area (TPSA) is 49.0 Å². The van der Waals surface area contributed by atoms with E-state index >= 15 is 0 Å². The lowest BCUT2D eigenvalue weighted by Gasteiger charge is -2.17. The van der Waals surface area contributed by atoms with Crippen LogP contribution in [0.4, 0.5) is 5.69 Å². The Hall–Kier alpha value is -2.62. The molecule has 4 nitrogen and oxygen atoms in total. The third kappa shape index (κ3) is 1.97. The molecule has 19 heavy (non-hydrogen) atoms. The van der Waals surface area contributed by atoms with E-state index in [-0.39, 0.29) is 5.91 Å². The van der Waals surface area contributed by atoms with Crippen LogP contribution in [0, 0.1) is 0 Å². The number of anilines is 1. The fraction of sp³-hybridized carbons (Fsp3) is 0.0667. The minimum Gasteiger partial charge on any atom is -0.311 e. The SMILES string of the molecule is CN(C(=O)c1cccc2cn[nH]c12)c1ccccc1.